The molecule has 8 heteroatoms. The van der Waals surface area contributed by atoms with Crippen LogP contribution in [0.5, 0.6) is 0 Å². The highest BCUT2D eigenvalue weighted by molar-refractivity contribution is 5.86. The molecule has 1 amide bonds. The Morgan fingerprint density at radius 3 is 2.67 bits per heavy atom. The first-order valence-corrected chi connectivity index (χ1v) is 7.57. The molecule has 126 valence electrons. The summed E-state index contributed by atoms with van der Waals surface area (Å²) in [4.78, 5) is 11.7. The van der Waals surface area contributed by atoms with Crippen LogP contribution >= 0.6 is 0 Å². The van der Waals surface area contributed by atoms with E-state index in [0.717, 1.165) is 11.1 Å². The highest BCUT2D eigenvalue weighted by Crippen LogP contribution is 2.15. The zero-order chi connectivity index (χ0) is 17.5. The quantitative estimate of drug-likeness (QED) is 0.618. The lowest BCUT2D eigenvalue weighted by atomic mass is 10.0. The van der Waals surface area contributed by atoms with Gasteiger partial charge in [0.15, 0.2) is 0 Å². The van der Waals surface area contributed by atoms with E-state index < -0.39 is 0 Å². The fourth-order valence-corrected chi connectivity index (χ4v) is 1.98. The number of carbonyl (C=O) groups excluding carboxylic acids is 1. The monoisotopic (exact) mass is 327 g/mol. The Kier molecular flexibility index (Phi) is 5.78. The van der Waals surface area contributed by atoms with Gasteiger partial charge >= 0.3 is 0 Å². The number of hydrogen-bond acceptors (Lipinski definition) is 6. The topological polar surface area (TPSA) is 111 Å². The summed E-state index contributed by atoms with van der Waals surface area (Å²) in [7, 11) is 0. The summed E-state index contributed by atoms with van der Waals surface area (Å²) in [5.74, 6) is 0.226. The Hall–Kier alpha value is -3.03. The van der Waals surface area contributed by atoms with Gasteiger partial charge in [0.25, 0.3) is 5.91 Å². The summed E-state index contributed by atoms with van der Waals surface area (Å²) in [6, 6.07) is 8.34. The molecule has 2 rings (SSSR count). The molecule has 0 bridgehead atoms. The number of nitrogen functional groups attached to an aromatic ring is 1. The number of rotatable bonds is 6. The molecule has 2 aromatic rings. The summed E-state index contributed by atoms with van der Waals surface area (Å²) in [6.07, 6.45) is 3.57. The van der Waals surface area contributed by atoms with E-state index in [1.807, 2.05) is 13.0 Å². The third-order valence-corrected chi connectivity index (χ3v) is 3.31. The first-order valence-electron chi connectivity index (χ1n) is 7.57. The van der Waals surface area contributed by atoms with Crippen LogP contribution in [0.25, 0.3) is 6.08 Å². The summed E-state index contributed by atoms with van der Waals surface area (Å²) in [5, 5.41) is 14.3. The van der Waals surface area contributed by atoms with Gasteiger partial charge in [-0.05, 0) is 40.0 Å². The lowest BCUT2D eigenvalue weighted by Gasteiger charge is -2.05. The van der Waals surface area contributed by atoms with Crippen molar-refractivity contribution in [2.24, 2.45) is 5.10 Å². The van der Waals surface area contributed by atoms with E-state index in [1.54, 1.807) is 6.21 Å². The van der Waals surface area contributed by atoms with Gasteiger partial charge in [-0.3, -0.25) is 4.79 Å². The van der Waals surface area contributed by atoms with Crippen molar-refractivity contribution in [3.63, 3.8) is 0 Å². The van der Waals surface area contributed by atoms with Crippen LogP contribution in [0.3, 0.4) is 0 Å². The van der Waals surface area contributed by atoms with Crippen LogP contribution in [0, 0.1) is 0 Å². The van der Waals surface area contributed by atoms with E-state index >= 15 is 0 Å². The van der Waals surface area contributed by atoms with E-state index in [2.05, 4.69) is 64.2 Å². The van der Waals surface area contributed by atoms with Crippen molar-refractivity contribution in [1.82, 2.24) is 25.6 Å². The average molecular weight is 327 g/mol. The highest BCUT2D eigenvalue weighted by atomic mass is 16.2. The smallest absolute Gasteiger partial charge is 0.261 e. The standard InChI is InChI=1S/C16H21N7O/c1-11(2)14-6-4-13(5-7-14)8-12(3)9-18-19-15(24)10-23-16(17)20-21-22-23/h4-9,11H,10H2,1-3H3,(H,19,24)(H2,17,20,22)/b12-8-,18-9+. The first-order chi connectivity index (χ1) is 11.5. The zero-order valence-corrected chi connectivity index (χ0v) is 14.0. The summed E-state index contributed by atoms with van der Waals surface area (Å²) in [5.41, 5.74) is 11.2. The number of hydrogen-bond donors (Lipinski definition) is 2. The van der Waals surface area contributed by atoms with Crippen LogP contribution in [0.4, 0.5) is 5.95 Å². The largest absolute Gasteiger partial charge is 0.367 e. The number of carbonyl (C=O) groups is 1. The molecule has 0 saturated carbocycles. The Balaban J connectivity index is 1.88. The van der Waals surface area contributed by atoms with Gasteiger partial charge in [-0.15, -0.1) is 0 Å². The predicted octanol–water partition coefficient (Wildman–Crippen LogP) is 1.58. The molecule has 0 aliphatic carbocycles. The van der Waals surface area contributed by atoms with Crippen LogP contribution in [0.1, 0.15) is 37.8 Å². The third kappa shape index (κ3) is 5.01. The van der Waals surface area contributed by atoms with Crippen molar-refractivity contribution in [1.29, 1.82) is 0 Å². The molecular formula is C16H21N7O. The summed E-state index contributed by atoms with van der Waals surface area (Å²) in [6.45, 7) is 6.14. The van der Waals surface area contributed by atoms with Gasteiger partial charge in [-0.2, -0.15) is 5.10 Å². The minimum absolute atomic E-state index is 0.0788. The van der Waals surface area contributed by atoms with Crippen LogP contribution < -0.4 is 11.2 Å². The number of nitrogens with two attached hydrogens (primary N) is 1. The van der Waals surface area contributed by atoms with Gasteiger partial charge in [0, 0.05) is 0 Å². The molecule has 0 aliphatic heterocycles. The highest BCUT2D eigenvalue weighted by Gasteiger charge is 2.06. The molecular weight excluding hydrogens is 306 g/mol. The molecule has 0 atom stereocenters. The van der Waals surface area contributed by atoms with Crippen molar-refractivity contribution >= 4 is 24.1 Å². The van der Waals surface area contributed by atoms with Crippen LogP contribution in [0.2, 0.25) is 0 Å². The van der Waals surface area contributed by atoms with E-state index in [0.29, 0.717) is 5.92 Å². The van der Waals surface area contributed by atoms with Crippen LogP contribution in [0.15, 0.2) is 34.9 Å². The normalized spacial score (nSPS) is 12.1. The van der Waals surface area contributed by atoms with Crippen molar-refractivity contribution in [3.05, 3.63) is 41.0 Å². The number of nitrogens with one attached hydrogen (secondary N) is 1. The molecule has 0 spiro atoms. The minimum Gasteiger partial charge on any atom is -0.367 e. The number of benzene rings is 1. The number of aromatic nitrogens is 4. The maximum Gasteiger partial charge on any atom is 0.261 e. The van der Waals surface area contributed by atoms with E-state index in [-0.39, 0.29) is 18.4 Å². The molecule has 0 unspecified atom stereocenters. The molecule has 0 aliphatic rings. The van der Waals surface area contributed by atoms with Gasteiger partial charge in [0.1, 0.15) is 6.54 Å². The molecule has 8 nitrogen and oxygen atoms in total. The molecule has 0 saturated heterocycles. The predicted molar refractivity (Wildman–Crippen MR) is 93.0 cm³/mol. The Morgan fingerprint density at radius 1 is 1.38 bits per heavy atom. The van der Waals surface area contributed by atoms with E-state index in [4.69, 9.17) is 5.73 Å². The average Bonchev–Trinajstić information content (AvgIpc) is 2.93. The second-order valence-electron chi connectivity index (χ2n) is 5.70. The summed E-state index contributed by atoms with van der Waals surface area (Å²) < 4.78 is 1.18. The second kappa shape index (κ2) is 8.00. The Morgan fingerprint density at radius 2 is 2.08 bits per heavy atom. The van der Waals surface area contributed by atoms with Crippen LogP contribution in [-0.2, 0) is 11.3 Å². The lowest BCUT2D eigenvalue weighted by Crippen LogP contribution is -2.24. The molecule has 3 N–H and O–H groups in total. The number of tetrazole rings is 1. The van der Waals surface area contributed by atoms with Crippen molar-refractivity contribution in [3.8, 4) is 0 Å². The second-order valence-corrected chi connectivity index (χ2v) is 5.70. The molecule has 1 aromatic heterocycles. The van der Waals surface area contributed by atoms with Crippen molar-refractivity contribution in [2.45, 2.75) is 33.2 Å². The molecule has 1 heterocycles. The fraction of sp³-hybridized carbons (Fsp3) is 0.312. The maximum atomic E-state index is 11.7. The number of nitrogens with zero attached hydrogens (tertiary/aromatic N) is 5. The van der Waals surface area contributed by atoms with Gasteiger partial charge in [0.2, 0.25) is 5.95 Å². The van der Waals surface area contributed by atoms with Crippen LogP contribution in [-0.4, -0.2) is 32.3 Å². The number of hydrazone groups is 1. The first kappa shape index (κ1) is 17.3. The number of allylic oxidation sites excluding steroid dienone is 1. The fourth-order valence-electron chi connectivity index (χ4n) is 1.98. The third-order valence-electron chi connectivity index (χ3n) is 3.31. The van der Waals surface area contributed by atoms with Gasteiger partial charge in [-0.1, -0.05) is 49.3 Å². The van der Waals surface area contributed by atoms with Gasteiger partial charge < -0.3 is 5.73 Å². The minimum atomic E-state index is -0.362. The summed E-state index contributed by atoms with van der Waals surface area (Å²) >= 11 is 0. The number of amides is 1. The Bertz CT molecular complexity index is 744. The molecule has 0 fully saturated rings. The van der Waals surface area contributed by atoms with E-state index in [1.165, 1.54) is 10.2 Å². The number of anilines is 1. The van der Waals surface area contributed by atoms with Gasteiger partial charge in [0.05, 0.1) is 6.21 Å². The maximum absolute atomic E-state index is 11.7. The molecule has 0 radical (unpaired) electrons. The van der Waals surface area contributed by atoms with Crippen molar-refractivity contribution < 1.29 is 4.79 Å². The lowest BCUT2D eigenvalue weighted by molar-refractivity contribution is -0.121. The van der Waals surface area contributed by atoms with Crippen molar-refractivity contribution in [2.75, 3.05) is 5.73 Å². The Labute approximate surface area is 140 Å². The van der Waals surface area contributed by atoms with E-state index in [9.17, 15) is 4.79 Å². The van der Waals surface area contributed by atoms with Gasteiger partial charge in [-0.25, -0.2) is 10.1 Å². The zero-order valence-electron chi connectivity index (χ0n) is 14.0. The SMILES string of the molecule is CC(=C/c1ccc(C(C)C)cc1)/C=N/NC(=O)Cn1nnnc1N. The molecule has 24 heavy (non-hydrogen) atoms. The molecule has 1 aromatic carbocycles.